The first kappa shape index (κ1) is 11.9. The van der Waals surface area contributed by atoms with Crippen LogP contribution in [0.2, 0.25) is 0 Å². The highest BCUT2D eigenvalue weighted by atomic mass is 32.2. The summed E-state index contributed by atoms with van der Waals surface area (Å²) in [6.45, 7) is 0.400. The molecule has 0 bridgehead atoms. The van der Waals surface area contributed by atoms with Gasteiger partial charge in [0.05, 0.1) is 12.6 Å². The molecule has 6 heteroatoms. The van der Waals surface area contributed by atoms with Gasteiger partial charge in [-0.2, -0.15) is 0 Å². The highest BCUT2D eigenvalue weighted by Crippen LogP contribution is 2.32. The highest BCUT2D eigenvalue weighted by molar-refractivity contribution is 7.99. The second-order valence-electron chi connectivity index (χ2n) is 4.17. The third-order valence-electron chi connectivity index (χ3n) is 3.03. The monoisotopic (exact) mass is 242 g/mol. The predicted octanol–water partition coefficient (Wildman–Crippen LogP) is 0.669. The number of aliphatic hydroxyl groups is 1. The van der Waals surface area contributed by atoms with Crippen molar-refractivity contribution in [3.8, 4) is 0 Å². The molecule has 1 saturated carbocycles. The van der Waals surface area contributed by atoms with Crippen LogP contribution >= 0.6 is 11.8 Å². The summed E-state index contributed by atoms with van der Waals surface area (Å²) in [5, 5.41) is 19.1. The zero-order valence-electron chi connectivity index (χ0n) is 9.46. The van der Waals surface area contributed by atoms with Gasteiger partial charge in [0.25, 0.3) is 0 Å². The molecule has 0 saturated heterocycles. The van der Waals surface area contributed by atoms with Crippen molar-refractivity contribution in [2.45, 2.75) is 48.7 Å². The van der Waals surface area contributed by atoms with Gasteiger partial charge in [0.1, 0.15) is 5.82 Å². The molecule has 1 aliphatic carbocycles. The van der Waals surface area contributed by atoms with E-state index in [9.17, 15) is 5.11 Å². The molecule has 3 N–H and O–H groups in total. The van der Waals surface area contributed by atoms with Gasteiger partial charge in [-0.15, -0.1) is 10.2 Å². The zero-order valence-corrected chi connectivity index (χ0v) is 10.3. The highest BCUT2D eigenvalue weighted by Gasteiger charge is 2.25. The molecule has 16 heavy (non-hydrogen) atoms. The van der Waals surface area contributed by atoms with Crippen LogP contribution in [0.3, 0.4) is 0 Å². The summed E-state index contributed by atoms with van der Waals surface area (Å²) in [7, 11) is 1.92. The lowest BCUT2D eigenvalue weighted by Crippen LogP contribution is -2.27. The normalized spacial score (nSPS) is 25.9. The van der Waals surface area contributed by atoms with Gasteiger partial charge >= 0.3 is 0 Å². The van der Waals surface area contributed by atoms with Gasteiger partial charge in [-0.25, -0.2) is 0 Å². The fraction of sp³-hybridized carbons (Fsp3) is 0.800. The second-order valence-corrected chi connectivity index (χ2v) is 5.38. The third-order valence-corrected chi connectivity index (χ3v) is 4.45. The Hall–Kier alpha value is -0.590. The first-order valence-corrected chi connectivity index (χ1v) is 6.53. The average Bonchev–Trinajstić information content (AvgIpc) is 2.63. The minimum atomic E-state index is -0.211. The van der Waals surface area contributed by atoms with Crippen LogP contribution < -0.4 is 5.73 Å². The Labute approximate surface area is 99.4 Å². The molecule has 1 aromatic rings. The van der Waals surface area contributed by atoms with Gasteiger partial charge in [-0.05, 0) is 12.8 Å². The molecule has 2 atom stereocenters. The van der Waals surface area contributed by atoms with E-state index < -0.39 is 0 Å². The van der Waals surface area contributed by atoms with Crippen LogP contribution in [0.4, 0.5) is 0 Å². The lowest BCUT2D eigenvalue weighted by Gasteiger charge is -2.26. The van der Waals surface area contributed by atoms with E-state index in [1.165, 1.54) is 6.42 Å². The number of hydrogen-bond donors (Lipinski definition) is 2. The molecule has 1 aromatic heterocycles. The molecule has 2 unspecified atom stereocenters. The number of aromatic nitrogens is 3. The lowest BCUT2D eigenvalue weighted by atomic mass is 9.97. The van der Waals surface area contributed by atoms with Crippen LogP contribution in [0.1, 0.15) is 31.5 Å². The quantitative estimate of drug-likeness (QED) is 0.814. The second kappa shape index (κ2) is 5.16. The predicted molar refractivity (Wildman–Crippen MR) is 63.0 cm³/mol. The number of rotatable bonds is 3. The van der Waals surface area contributed by atoms with Gasteiger partial charge in [-0.3, -0.25) is 0 Å². The Morgan fingerprint density at radius 3 is 2.81 bits per heavy atom. The van der Waals surface area contributed by atoms with Crippen LogP contribution in [-0.2, 0) is 13.6 Å². The summed E-state index contributed by atoms with van der Waals surface area (Å²) < 4.78 is 1.91. The molecular weight excluding hydrogens is 224 g/mol. The van der Waals surface area contributed by atoms with Crippen molar-refractivity contribution < 1.29 is 5.11 Å². The standard InChI is InChI=1S/C10H18N4OS/c1-14-9(6-11)12-13-10(14)16-8-5-3-2-4-7(8)15/h7-8,15H,2-6,11H2,1H3. The van der Waals surface area contributed by atoms with Crippen LogP contribution in [0.25, 0.3) is 0 Å². The topological polar surface area (TPSA) is 77.0 Å². The Bertz CT molecular complexity index is 355. The van der Waals surface area contributed by atoms with Crippen molar-refractivity contribution in [1.29, 1.82) is 0 Å². The molecule has 0 spiro atoms. The summed E-state index contributed by atoms with van der Waals surface area (Å²) in [5.41, 5.74) is 5.54. The smallest absolute Gasteiger partial charge is 0.191 e. The van der Waals surface area contributed by atoms with Crippen LogP contribution in [-0.4, -0.2) is 31.2 Å². The number of nitrogens with zero attached hydrogens (tertiary/aromatic N) is 3. The van der Waals surface area contributed by atoms with Gasteiger partial charge in [-0.1, -0.05) is 24.6 Å². The summed E-state index contributed by atoms with van der Waals surface area (Å²) in [6, 6.07) is 0. The number of hydrogen-bond acceptors (Lipinski definition) is 5. The van der Waals surface area contributed by atoms with E-state index in [1.54, 1.807) is 11.8 Å². The van der Waals surface area contributed by atoms with E-state index in [4.69, 9.17) is 5.73 Å². The van der Waals surface area contributed by atoms with Crippen molar-refractivity contribution >= 4 is 11.8 Å². The lowest BCUT2D eigenvalue weighted by molar-refractivity contribution is 0.137. The largest absolute Gasteiger partial charge is 0.392 e. The summed E-state index contributed by atoms with van der Waals surface area (Å²) >= 11 is 1.62. The minimum absolute atomic E-state index is 0.211. The number of thioether (sulfide) groups is 1. The van der Waals surface area contributed by atoms with Crippen LogP contribution in [0.5, 0.6) is 0 Å². The maximum absolute atomic E-state index is 9.88. The van der Waals surface area contributed by atoms with Crippen molar-refractivity contribution in [2.24, 2.45) is 12.8 Å². The molecular formula is C10H18N4OS. The molecule has 1 fully saturated rings. The van der Waals surface area contributed by atoms with Gasteiger partial charge < -0.3 is 15.4 Å². The molecule has 1 aliphatic rings. The van der Waals surface area contributed by atoms with E-state index in [0.717, 1.165) is 30.2 Å². The van der Waals surface area contributed by atoms with E-state index >= 15 is 0 Å². The van der Waals surface area contributed by atoms with E-state index in [1.807, 2.05) is 11.6 Å². The van der Waals surface area contributed by atoms with E-state index in [2.05, 4.69) is 10.2 Å². The van der Waals surface area contributed by atoms with Gasteiger partial charge in [0, 0.05) is 12.3 Å². The SMILES string of the molecule is Cn1c(CN)nnc1SC1CCCCC1O. The first-order chi connectivity index (χ1) is 7.72. The molecule has 90 valence electrons. The molecule has 0 amide bonds. The third kappa shape index (κ3) is 2.39. The molecule has 0 aromatic carbocycles. The minimum Gasteiger partial charge on any atom is -0.392 e. The van der Waals surface area contributed by atoms with Crippen molar-refractivity contribution in [3.05, 3.63) is 5.82 Å². The van der Waals surface area contributed by atoms with E-state index in [-0.39, 0.29) is 11.4 Å². The average molecular weight is 242 g/mol. The maximum atomic E-state index is 9.88. The molecule has 2 rings (SSSR count). The molecule has 0 aliphatic heterocycles. The fourth-order valence-electron chi connectivity index (χ4n) is 1.98. The van der Waals surface area contributed by atoms with Crippen LogP contribution in [0, 0.1) is 0 Å². The molecule has 5 nitrogen and oxygen atoms in total. The molecule has 0 radical (unpaired) electrons. The summed E-state index contributed by atoms with van der Waals surface area (Å²) in [4.78, 5) is 0. The zero-order chi connectivity index (χ0) is 11.5. The summed E-state index contributed by atoms with van der Waals surface area (Å²) in [6.07, 6.45) is 4.06. The fourth-order valence-corrected chi connectivity index (χ4v) is 3.18. The number of nitrogens with two attached hydrogens (primary N) is 1. The van der Waals surface area contributed by atoms with Crippen LogP contribution in [0.15, 0.2) is 5.16 Å². The summed E-state index contributed by atoms with van der Waals surface area (Å²) in [5.74, 6) is 0.785. The van der Waals surface area contributed by atoms with Crippen molar-refractivity contribution in [2.75, 3.05) is 0 Å². The number of aliphatic hydroxyl groups excluding tert-OH is 1. The maximum Gasteiger partial charge on any atom is 0.191 e. The van der Waals surface area contributed by atoms with Crippen molar-refractivity contribution in [1.82, 2.24) is 14.8 Å². The Kier molecular flexibility index (Phi) is 3.83. The van der Waals surface area contributed by atoms with Gasteiger partial charge in [0.2, 0.25) is 0 Å². The van der Waals surface area contributed by atoms with E-state index in [0.29, 0.717) is 6.54 Å². The first-order valence-electron chi connectivity index (χ1n) is 5.65. The van der Waals surface area contributed by atoms with Crippen molar-refractivity contribution in [3.63, 3.8) is 0 Å². The molecule has 1 heterocycles. The Balaban J connectivity index is 2.04. The Morgan fingerprint density at radius 1 is 1.44 bits per heavy atom. The van der Waals surface area contributed by atoms with Gasteiger partial charge in [0.15, 0.2) is 5.16 Å². The Morgan fingerprint density at radius 2 is 2.19 bits per heavy atom.